The Morgan fingerprint density at radius 2 is 2.22 bits per heavy atom. The van der Waals surface area contributed by atoms with Crippen LogP contribution in [-0.4, -0.2) is 30.9 Å². The van der Waals surface area contributed by atoms with Gasteiger partial charge in [-0.2, -0.15) is 10.1 Å². The first-order valence-corrected chi connectivity index (χ1v) is 9.31. The Labute approximate surface area is 158 Å². The van der Waals surface area contributed by atoms with Crippen LogP contribution in [-0.2, 0) is 24.8 Å². The number of carbonyl (C=O) groups is 1. The number of esters is 1. The predicted octanol–water partition coefficient (Wildman–Crippen LogP) is 3.31. The molecule has 0 atom stereocenters. The first-order valence-electron chi connectivity index (χ1n) is 8.43. The van der Waals surface area contributed by atoms with Crippen molar-refractivity contribution in [3.05, 3.63) is 46.6 Å². The number of carbonyl (C=O) groups excluding carboxylic acids is 1. The molecule has 138 valence electrons. The van der Waals surface area contributed by atoms with Crippen LogP contribution in [0.1, 0.15) is 34.7 Å². The standard InChI is InChI=1S/C18H17N5O3S/c1-4-14-20-15(26-22-14)9-25-18(24)11-8-12(13-6-5-7-27-13)19-17-16(11)10(2)21-23(17)3/h5-8H,4,9H2,1-3H3. The molecule has 9 heteroatoms. The van der Waals surface area contributed by atoms with Gasteiger partial charge in [-0.15, -0.1) is 11.3 Å². The molecule has 0 saturated carbocycles. The zero-order chi connectivity index (χ0) is 19.0. The van der Waals surface area contributed by atoms with Crippen LogP contribution in [0.3, 0.4) is 0 Å². The normalized spacial score (nSPS) is 11.2. The lowest BCUT2D eigenvalue weighted by atomic mass is 10.1. The Balaban J connectivity index is 1.71. The molecule has 0 saturated heterocycles. The Morgan fingerprint density at radius 3 is 2.93 bits per heavy atom. The van der Waals surface area contributed by atoms with Gasteiger partial charge in [-0.05, 0) is 24.4 Å². The van der Waals surface area contributed by atoms with Crippen molar-refractivity contribution in [1.82, 2.24) is 24.9 Å². The Morgan fingerprint density at radius 1 is 1.37 bits per heavy atom. The summed E-state index contributed by atoms with van der Waals surface area (Å²) >= 11 is 1.56. The van der Waals surface area contributed by atoms with Crippen LogP contribution in [0.25, 0.3) is 21.6 Å². The maximum absolute atomic E-state index is 12.8. The summed E-state index contributed by atoms with van der Waals surface area (Å²) in [7, 11) is 1.81. The van der Waals surface area contributed by atoms with Crippen molar-refractivity contribution in [3.63, 3.8) is 0 Å². The number of pyridine rings is 1. The largest absolute Gasteiger partial charge is 0.452 e. The molecule has 0 spiro atoms. The second-order valence-electron chi connectivity index (χ2n) is 5.97. The van der Waals surface area contributed by atoms with Gasteiger partial charge in [0.2, 0.25) is 0 Å². The van der Waals surface area contributed by atoms with Crippen molar-refractivity contribution >= 4 is 28.3 Å². The maximum Gasteiger partial charge on any atom is 0.339 e. The summed E-state index contributed by atoms with van der Waals surface area (Å²) in [6.07, 6.45) is 0.654. The second-order valence-corrected chi connectivity index (χ2v) is 6.92. The number of fused-ring (bicyclic) bond motifs is 1. The predicted molar refractivity (Wildman–Crippen MR) is 99.4 cm³/mol. The SMILES string of the molecule is CCc1noc(COC(=O)c2cc(-c3cccs3)nc3c2c(C)nn3C)n1. The zero-order valence-corrected chi connectivity index (χ0v) is 15.9. The van der Waals surface area contributed by atoms with Crippen molar-refractivity contribution in [2.75, 3.05) is 0 Å². The van der Waals surface area contributed by atoms with E-state index in [9.17, 15) is 4.79 Å². The van der Waals surface area contributed by atoms with E-state index in [1.165, 1.54) is 0 Å². The van der Waals surface area contributed by atoms with Crippen LogP contribution in [0.15, 0.2) is 28.1 Å². The fourth-order valence-corrected chi connectivity index (χ4v) is 3.54. The topological polar surface area (TPSA) is 95.9 Å². The van der Waals surface area contributed by atoms with Gasteiger partial charge in [0, 0.05) is 13.5 Å². The van der Waals surface area contributed by atoms with Gasteiger partial charge in [-0.3, -0.25) is 4.68 Å². The first-order chi connectivity index (χ1) is 13.1. The maximum atomic E-state index is 12.8. The number of hydrogen-bond donors (Lipinski definition) is 0. The molecule has 0 fully saturated rings. The van der Waals surface area contributed by atoms with Gasteiger partial charge in [0.05, 0.1) is 27.2 Å². The summed E-state index contributed by atoms with van der Waals surface area (Å²) in [6.45, 7) is 3.69. The minimum Gasteiger partial charge on any atom is -0.452 e. The van der Waals surface area contributed by atoms with Gasteiger partial charge < -0.3 is 9.26 Å². The fraction of sp³-hybridized carbons (Fsp3) is 0.278. The molecule has 4 aromatic rings. The van der Waals surface area contributed by atoms with E-state index in [1.807, 2.05) is 31.4 Å². The van der Waals surface area contributed by atoms with Crippen molar-refractivity contribution in [3.8, 4) is 10.6 Å². The third-order valence-corrected chi connectivity index (χ3v) is 5.01. The Hall–Kier alpha value is -3.07. The van der Waals surface area contributed by atoms with Crippen molar-refractivity contribution in [2.24, 2.45) is 7.05 Å². The smallest absolute Gasteiger partial charge is 0.339 e. The third-order valence-electron chi connectivity index (χ3n) is 4.12. The van der Waals surface area contributed by atoms with Crippen molar-refractivity contribution < 1.29 is 14.1 Å². The molecule has 0 radical (unpaired) electrons. The third kappa shape index (κ3) is 3.21. The number of aromatic nitrogens is 5. The molecule has 0 bridgehead atoms. The van der Waals surface area contributed by atoms with E-state index in [4.69, 9.17) is 9.26 Å². The van der Waals surface area contributed by atoms with E-state index in [0.717, 1.165) is 10.6 Å². The van der Waals surface area contributed by atoms with E-state index in [2.05, 4.69) is 20.2 Å². The van der Waals surface area contributed by atoms with E-state index in [-0.39, 0.29) is 12.5 Å². The molecule has 4 heterocycles. The molecule has 27 heavy (non-hydrogen) atoms. The average molecular weight is 383 g/mol. The molecule has 0 aromatic carbocycles. The van der Waals surface area contributed by atoms with E-state index in [1.54, 1.807) is 29.1 Å². The summed E-state index contributed by atoms with van der Waals surface area (Å²) in [6, 6.07) is 5.65. The van der Waals surface area contributed by atoms with Crippen LogP contribution >= 0.6 is 11.3 Å². The number of thiophene rings is 1. The molecule has 8 nitrogen and oxygen atoms in total. The highest BCUT2D eigenvalue weighted by atomic mass is 32.1. The quantitative estimate of drug-likeness (QED) is 0.488. The summed E-state index contributed by atoms with van der Waals surface area (Å²) in [5, 5.41) is 10.8. The average Bonchev–Trinajstić information content (AvgIpc) is 3.40. The molecule has 0 aliphatic heterocycles. The molecule has 0 aliphatic carbocycles. The Kier molecular flexibility index (Phi) is 4.44. The monoisotopic (exact) mass is 383 g/mol. The summed E-state index contributed by atoms with van der Waals surface area (Å²) in [5.41, 5.74) is 2.48. The van der Waals surface area contributed by atoms with Gasteiger partial charge in [0.1, 0.15) is 0 Å². The van der Waals surface area contributed by atoms with Gasteiger partial charge in [0.15, 0.2) is 18.1 Å². The number of rotatable bonds is 5. The van der Waals surface area contributed by atoms with E-state index in [0.29, 0.717) is 34.5 Å². The number of ether oxygens (including phenoxy) is 1. The van der Waals surface area contributed by atoms with Crippen LogP contribution in [0.4, 0.5) is 0 Å². The lowest BCUT2D eigenvalue weighted by Gasteiger charge is -2.07. The lowest BCUT2D eigenvalue weighted by Crippen LogP contribution is -2.07. The molecular formula is C18H17N5O3S. The van der Waals surface area contributed by atoms with E-state index < -0.39 is 5.97 Å². The molecule has 0 unspecified atom stereocenters. The minimum absolute atomic E-state index is 0.0801. The number of aryl methyl sites for hydroxylation is 3. The molecule has 4 rings (SSSR count). The minimum atomic E-state index is -0.479. The summed E-state index contributed by atoms with van der Waals surface area (Å²) in [5.74, 6) is 0.370. The number of hydrogen-bond acceptors (Lipinski definition) is 8. The molecule has 4 aromatic heterocycles. The zero-order valence-electron chi connectivity index (χ0n) is 15.1. The highest BCUT2D eigenvalue weighted by Gasteiger charge is 2.21. The fourth-order valence-electron chi connectivity index (χ4n) is 2.85. The van der Waals surface area contributed by atoms with Crippen molar-refractivity contribution in [2.45, 2.75) is 26.9 Å². The lowest BCUT2D eigenvalue weighted by molar-refractivity contribution is 0.0432. The summed E-state index contributed by atoms with van der Waals surface area (Å²) in [4.78, 5) is 22.6. The highest BCUT2D eigenvalue weighted by molar-refractivity contribution is 7.13. The van der Waals surface area contributed by atoms with Crippen LogP contribution < -0.4 is 0 Å². The van der Waals surface area contributed by atoms with Crippen molar-refractivity contribution in [1.29, 1.82) is 0 Å². The van der Waals surface area contributed by atoms with Crippen LogP contribution in [0.2, 0.25) is 0 Å². The van der Waals surface area contributed by atoms with Crippen LogP contribution in [0.5, 0.6) is 0 Å². The van der Waals surface area contributed by atoms with Gasteiger partial charge in [-0.1, -0.05) is 18.1 Å². The number of nitrogens with zero attached hydrogens (tertiary/aromatic N) is 5. The van der Waals surface area contributed by atoms with Gasteiger partial charge in [-0.25, -0.2) is 9.78 Å². The summed E-state index contributed by atoms with van der Waals surface area (Å²) < 4.78 is 12.2. The highest BCUT2D eigenvalue weighted by Crippen LogP contribution is 2.29. The molecule has 0 amide bonds. The molecule has 0 aliphatic rings. The van der Waals surface area contributed by atoms with Gasteiger partial charge >= 0.3 is 5.97 Å². The molecular weight excluding hydrogens is 366 g/mol. The molecule has 0 N–H and O–H groups in total. The first kappa shape index (κ1) is 17.3. The van der Waals surface area contributed by atoms with Gasteiger partial charge in [0.25, 0.3) is 5.89 Å². The Bertz CT molecular complexity index is 1110. The van der Waals surface area contributed by atoms with Crippen LogP contribution in [0, 0.1) is 6.92 Å². The second kappa shape index (κ2) is 6.92. The van der Waals surface area contributed by atoms with E-state index >= 15 is 0 Å².